The Hall–Kier alpha value is 0.314. The Balaban J connectivity index is 0.000000360. The van der Waals surface area contributed by atoms with E-state index >= 15 is 0 Å². The van der Waals surface area contributed by atoms with Crippen LogP contribution in [0.1, 0.15) is 5.69 Å². The summed E-state index contributed by atoms with van der Waals surface area (Å²) in [6.07, 6.45) is 1.68. The first-order chi connectivity index (χ1) is 2.89. The number of hydrogen-bond donors (Lipinski definition) is 1. The minimum atomic E-state index is 0. The molecule has 0 unspecified atom stereocenters. The van der Waals surface area contributed by atoms with Crippen molar-refractivity contribution >= 4 is 0 Å². The van der Waals surface area contributed by atoms with E-state index < -0.39 is 0 Å². The molecule has 0 aliphatic heterocycles. The monoisotopic (exact) mass is 170 g/mol. The molecule has 1 rings (SSSR count). The third-order valence-electron chi connectivity index (χ3n) is 0.578. The molecule has 0 amide bonds. The maximum Gasteiger partial charge on any atom is 0 e. The first-order valence-electron chi connectivity index (χ1n) is 1.77. The number of aryl methyl sites for hydroxylation is 1. The van der Waals surface area contributed by atoms with Crippen LogP contribution in [0.5, 0.6) is 0 Å². The van der Waals surface area contributed by atoms with E-state index in [0.717, 1.165) is 5.69 Å². The fourth-order valence-electron chi connectivity index (χ4n) is 0.298. The molecule has 0 spiro atoms. The van der Waals surface area contributed by atoms with Crippen LogP contribution in [-0.2, 0) is 32.7 Å². The molecule has 0 bridgehead atoms. The third-order valence-corrected chi connectivity index (χ3v) is 0.578. The predicted octanol–water partition coefficient (Wildman–Crippen LogP) is 0.516. The Morgan fingerprint density at radius 1 is 1.86 bits per heavy atom. The zero-order valence-electron chi connectivity index (χ0n) is 4.10. The van der Waals surface area contributed by atoms with E-state index in [0.29, 0.717) is 0 Å². The molecule has 0 saturated heterocycles. The van der Waals surface area contributed by atoms with Crippen LogP contribution in [0.2, 0.25) is 0 Å². The number of rotatable bonds is 0. The Bertz CT molecular complexity index is 113. The number of hydrogen-bond acceptors (Lipinski definition) is 1. The van der Waals surface area contributed by atoms with Gasteiger partial charge in [0.15, 0.2) is 0 Å². The van der Waals surface area contributed by atoms with Gasteiger partial charge in [-0.15, -0.1) is 5.69 Å². The van der Waals surface area contributed by atoms with Gasteiger partial charge >= 0.3 is 0 Å². The van der Waals surface area contributed by atoms with Crippen LogP contribution in [0, 0.1) is 13.0 Å². The summed E-state index contributed by atoms with van der Waals surface area (Å²) in [5, 5.41) is 6.36. The van der Waals surface area contributed by atoms with Crippen molar-refractivity contribution in [1.29, 1.82) is 0 Å². The molecule has 1 radical (unpaired) electrons. The molecule has 0 saturated carbocycles. The Labute approximate surface area is 67.6 Å². The van der Waals surface area contributed by atoms with Gasteiger partial charge in [0.2, 0.25) is 0 Å². The minimum absolute atomic E-state index is 0. The number of H-pyrrole nitrogens is 1. The van der Waals surface area contributed by atoms with Crippen molar-refractivity contribution in [3.05, 3.63) is 18.0 Å². The van der Waals surface area contributed by atoms with Crippen LogP contribution < -0.4 is 0 Å². The Kier molecular flexibility index (Phi) is 3.48. The van der Waals surface area contributed by atoms with E-state index in [9.17, 15) is 0 Å². The smallest absolute Gasteiger partial charge is 0 e. The average molecular weight is 170 g/mol. The average Bonchev–Trinajstić information content (AvgIpc) is 1.86. The first-order valence-corrected chi connectivity index (χ1v) is 1.77. The fourth-order valence-corrected chi connectivity index (χ4v) is 0.298. The molecular weight excluding hydrogens is 165 g/mol. The maximum atomic E-state index is 3.74. The van der Waals surface area contributed by atoms with Crippen molar-refractivity contribution in [3.63, 3.8) is 0 Å². The van der Waals surface area contributed by atoms with Crippen LogP contribution in [-0.4, -0.2) is 10.2 Å². The summed E-state index contributed by atoms with van der Waals surface area (Å²) >= 11 is 0. The molecule has 1 N–H and O–H groups in total. The largest absolute Gasteiger partial charge is 0.429 e. The van der Waals surface area contributed by atoms with E-state index in [2.05, 4.69) is 16.3 Å². The van der Waals surface area contributed by atoms with E-state index in [1.807, 2.05) is 6.92 Å². The Morgan fingerprint density at radius 3 is 2.71 bits per heavy atom. The van der Waals surface area contributed by atoms with Crippen molar-refractivity contribution in [1.82, 2.24) is 10.2 Å². The van der Waals surface area contributed by atoms with Crippen LogP contribution in [0.15, 0.2) is 6.20 Å². The van der Waals surface area contributed by atoms with Gasteiger partial charge in [0.25, 0.3) is 0 Å². The first kappa shape index (κ1) is 7.31. The van der Waals surface area contributed by atoms with Gasteiger partial charge in [-0.05, 0) is 0 Å². The zero-order valence-corrected chi connectivity index (χ0v) is 6.94. The van der Waals surface area contributed by atoms with Gasteiger partial charge in [0.05, 0.1) is 0 Å². The molecule has 35 valence electrons. The van der Waals surface area contributed by atoms with Crippen molar-refractivity contribution in [3.8, 4) is 0 Å². The van der Waals surface area contributed by atoms with Crippen molar-refractivity contribution in [2.45, 2.75) is 6.92 Å². The standard InChI is InChI=1S/C4H5N2.Y/c1-4-2-3-5-6-4;/h3H,1H3,(H,5,6);/q-1;. The van der Waals surface area contributed by atoms with Gasteiger partial charge in [-0.25, -0.2) is 5.10 Å². The van der Waals surface area contributed by atoms with Crippen LogP contribution in [0.4, 0.5) is 0 Å². The molecule has 1 aromatic heterocycles. The number of aromatic nitrogens is 2. The van der Waals surface area contributed by atoms with Crippen molar-refractivity contribution < 1.29 is 32.7 Å². The third kappa shape index (κ3) is 2.20. The molecule has 0 aromatic carbocycles. The molecule has 0 fully saturated rings. The van der Waals surface area contributed by atoms with Gasteiger partial charge in [0.1, 0.15) is 0 Å². The molecule has 1 aromatic rings. The van der Waals surface area contributed by atoms with Gasteiger partial charge in [-0.3, -0.25) is 0 Å². The van der Waals surface area contributed by atoms with E-state index in [-0.39, 0.29) is 32.7 Å². The molecule has 0 aliphatic carbocycles. The summed E-state index contributed by atoms with van der Waals surface area (Å²) in [4.78, 5) is 0. The second-order valence-corrected chi connectivity index (χ2v) is 1.11. The second kappa shape index (κ2) is 3.33. The van der Waals surface area contributed by atoms with Gasteiger partial charge in [-0.2, -0.15) is 6.20 Å². The SMILES string of the molecule is Cc1[c-]c[nH]n1.[Y]. The van der Waals surface area contributed by atoms with Gasteiger partial charge in [-0.1, -0.05) is 6.92 Å². The molecular formula is C4H5N2Y-. The van der Waals surface area contributed by atoms with Crippen LogP contribution in [0.25, 0.3) is 0 Å². The van der Waals surface area contributed by atoms with Crippen LogP contribution >= 0.6 is 0 Å². The normalized spacial score (nSPS) is 7.57. The fraction of sp³-hybridized carbons (Fsp3) is 0.250. The van der Waals surface area contributed by atoms with Crippen molar-refractivity contribution in [2.24, 2.45) is 0 Å². The summed E-state index contributed by atoms with van der Waals surface area (Å²) in [7, 11) is 0. The topological polar surface area (TPSA) is 28.7 Å². The number of aromatic amines is 1. The maximum absolute atomic E-state index is 3.74. The summed E-state index contributed by atoms with van der Waals surface area (Å²) in [6, 6.07) is 2.83. The summed E-state index contributed by atoms with van der Waals surface area (Å²) in [6.45, 7) is 1.89. The van der Waals surface area contributed by atoms with E-state index in [1.165, 1.54) is 0 Å². The minimum Gasteiger partial charge on any atom is -0.429 e. The van der Waals surface area contributed by atoms with Gasteiger partial charge < -0.3 is 11.2 Å². The number of nitrogens with zero attached hydrogens (tertiary/aromatic N) is 1. The van der Waals surface area contributed by atoms with Crippen molar-refractivity contribution in [2.75, 3.05) is 0 Å². The second-order valence-electron chi connectivity index (χ2n) is 1.11. The summed E-state index contributed by atoms with van der Waals surface area (Å²) in [5.74, 6) is 0. The predicted molar refractivity (Wildman–Crippen MR) is 22.2 cm³/mol. The molecule has 7 heavy (non-hydrogen) atoms. The quantitative estimate of drug-likeness (QED) is 0.564. The van der Waals surface area contributed by atoms with Crippen LogP contribution in [0.3, 0.4) is 0 Å². The Morgan fingerprint density at radius 2 is 2.57 bits per heavy atom. The molecule has 0 atom stereocenters. The summed E-state index contributed by atoms with van der Waals surface area (Å²) < 4.78 is 0. The summed E-state index contributed by atoms with van der Waals surface area (Å²) in [5.41, 5.74) is 0.912. The van der Waals surface area contributed by atoms with E-state index in [4.69, 9.17) is 0 Å². The molecule has 2 nitrogen and oxygen atoms in total. The molecule has 0 aliphatic rings. The van der Waals surface area contributed by atoms with Gasteiger partial charge in [0, 0.05) is 32.7 Å². The molecule has 3 heteroatoms. The van der Waals surface area contributed by atoms with E-state index in [1.54, 1.807) is 6.20 Å². The zero-order chi connectivity index (χ0) is 4.41. The number of nitrogens with one attached hydrogen (secondary N) is 1. The molecule has 1 heterocycles.